The van der Waals surface area contributed by atoms with Gasteiger partial charge in [-0.3, -0.25) is 15.6 Å². The van der Waals surface area contributed by atoms with Gasteiger partial charge in [0.25, 0.3) is 0 Å². The summed E-state index contributed by atoms with van der Waals surface area (Å²) in [6.45, 7) is 3.79. The summed E-state index contributed by atoms with van der Waals surface area (Å²) in [7, 11) is 0. The number of hydrogen-bond acceptors (Lipinski definition) is 6. The maximum absolute atomic E-state index is 12.6. The van der Waals surface area contributed by atoms with Crippen molar-refractivity contribution in [2.24, 2.45) is 5.92 Å². The van der Waals surface area contributed by atoms with Crippen LogP contribution in [-0.4, -0.2) is 49.0 Å². The molecule has 2 aliphatic rings. The van der Waals surface area contributed by atoms with Crippen LogP contribution in [0.5, 0.6) is 5.75 Å². The molecule has 0 bridgehead atoms. The number of nitrogens with one attached hydrogen (secondary N) is 3. The molecule has 25 heavy (non-hydrogen) atoms. The number of hydrogen-bond donors (Lipinski definition) is 4. The molecule has 138 valence electrons. The molecule has 7 nitrogen and oxygen atoms in total. The number of amides is 1. The fourth-order valence-corrected chi connectivity index (χ4v) is 3.34. The lowest BCUT2D eigenvalue weighted by atomic mass is 9.97. The highest BCUT2D eigenvalue weighted by Gasteiger charge is 2.35. The first-order chi connectivity index (χ1) is 12.2. The number of ether oxygens (including phenoxy) is 2. The molecule has 7 heteroatoms. The van der Waals surface area contributed by atoms with E-state index >= 15 is 0 Å². The predicted octanol–water partition coefficient (Wildman–Crippen LogP) is 0.334. The summed E-state index contributed by atoms with van der Waals surface area (Å²) in [5.41, 5.74) is 7.05. The molecule has 2 fully saturated rings. The quantitative estimate of drug-likeness (QED) is 0.592. The van der Waals surface area contributed by atoms with Gasteiger partial charge >= 0.3 is 0 Å². The highest BCUT2D eigenvalue weighted by molar-refractivity contribution is 5.80. The topological polar surface area (TPSA) is 91.9 Å². The highest BCUT2D eigenvalue weighted by atomic mass is 16.5. The first-order valence-corrected chi connectivity index (χ1v) is 8.94. The molecule has 1 aromatic carbocycles. The van der Waals surface area contributed by atoms with Gasteiger partial charge in [0.1, 0.15) is 11.9 Å². The minimum absolute atomic E-state index is 0.00750. The zero-order valence-corrected chi connectivity index (χ0v) is 14.5. The zero-order valence-electron chi connectivity index (χ0n) is 14.5. The minimum atomic E-state index is -0.222. The van der Waals surface area contributed by atoms with Crippen LogP contribution in [0.25, 0.3) is 0 Å². The van der Waals surface area contributed by atoms with E-state index in [4.69, 9.17) is 14.6 Å². The van der Waals surface area contributed by atoms with Crippen molar-refractivity contribution in [3.05, 3.63) is 29.8 Å². The van der Waals surface area contributed by atoms with Gasteiger partial charge < -0.3 is 19.9 Å². The second kappa shape index (κ2) is 8.62. The highest BCUT2D eigenvalue weighted by Crippen LogP contribution is 2.20. The molecule has 3 rings (SSSR count). The van der Waals surface area contributed by atoms with Crippen LogP contribution in [0.2, 0.25) is 0 Å². The SMILES string of the molecule is CCC1NNCC1C(=O)N[C@@H]1CCOC[C@H]1Oc1ccc(CO)cc1. The van der Waals surface area contributed by atoms with Crippen LogP contribution >= 0.6 is 0 Å². The molecule has 0 radical (unpaired) electrons. The van der Waals surface area contributed by atoms with Crippen molar-refractivity contribution in [3.8, 4) is 5.75 Å². The summed E-state index contributed by atoms with van der Waals surface area (Å²) < 4.78 is 11.6. The smallest absolute Gasteiger partial charge is 0.226 e. The third-order valence-corrected chi connectivity index (χ3v) is 4.90. The third-order valence-electron chi connectivity index (χ3n) is 4.90. The van der Waals surface area contributed by atoms with Crippen molar-refractivity contribution in [3.63, 3.8) is 0 Å². The second-order valence-corrected chi connectivity index (χ2v) is 6.58. The van der Waals surface area contributed by atoms with Crippen molar-refractivity contribution in [1.82, 2.24) is 16.2 Å². The third kappa shape index (κ3) is 4.49. The van der Waals surface area contributed by atoms with Gasteiger partial charge in [-0.1, -0.05) is 19.1 Å². The summed E-state index contributed by atoms with van der Waals surface area (Å²) in [5.74, 6) is 0.695. The van der Waals surface area contributed by atoms with Crippen molar-refractivity contribution < 1.29 is 19.4 Å². The van der Waals surface area contributed by atoms with Crippen LogP contribution in [-0.2, 0) is 16.1 Å². The van der Waals surface area contributed by atoms with Crippen molar-refractivity contribution in [1.29, 1.82) is 0 Å². The molecule has 2 unspecified atom stereocenters. The number of aliphatic hydroxyl groups excluding tert-OH is 1. The Morgan fingerprint density at radius 2 is 2.20 bits per heavy atom. The molecule has 0 aromatic heterocycles. The summed E-state index contributed by atoms with van der Waals surface area (Å²) >= 11 is 0. The molecule has 2 saturated heterocycles. The van der Waals surface area contributed by atoms with E-state index in [1.54, 1.807) is 0 Å². The molecule has 1 aromatic rings. The molecule has 0 spiro atoms. The van der Waals surface area contributed by atoms with E-state index in [9.17, 15) is 4.79 Å². The molecule has 4 N–H and O–H groups in total. The van der Waals surface area contributed by atoms with Crippen LogP contribution in [0.1, 0.15) is 25.3 Å². The van der Waals surface area contributed by atoms with E-state index in [0.717, 1.165) is 18.4 Å². The van der Waals surface area contributed by atoms with Crippen molar-refractivity contribution >= 4 is 5.91 Å². The van der Waals surface area contributed by atoms with Gasteiger partial charge in [0.2, 0.25) is 5.91 Å². The van der Waals surface area contributed by atoms with Gasteiger partial charge in [0.05, 0.1) is 25.2 Å². The maximum Gasteiger partial charge on any atom is 0.226 e. The Labute approximate surface area is 148 Å². The van der Waals surface area contributed by atoms with Crippen molar-refractivity contribution in [2.75, 3.05) is 19.8 Å². The number of aliphatic hydroxyl groups is 1. The van der Waals surface area contributed by atoms with Gasteiger partial charge in [-0.25, -0.2) is 0 Å². The summed E-state index contributed by atoms with van der Waals surface area (Å²) in [4.78, 5) is 12.6. The minimum Gasteiger partial charge on any atom is -0.486 e. The summed E-state index contributed by atoms with van der Waals surface area (Å²) in [5, 5.41) is 12.3. The van der Waals surface area contributed by atoms with Crippen LogP contribution < -0.4 is 20.9 Å². The number of hydrazine groups is 1. The maximum atomic E-state index is 12.6. The van der Waals surface area contributed by atoms with E-state index in [0.29, 0.717) is 25.5 Å². The lowest BCUT2D eigenvalue weighted by Crippen LogP contribution is -2.53. The Kier molecular flexibility index (Phi) is 6.25. The Morgan fingerprint density at radius 1 is 1.40 bits per heavy atom. The number of rotatable bonds is 6. The van der Waals surface area contributed by atoms with E-state index in [2.05, 4.69) is 23.1 Å². The van der Waals surface area contributed by atoms with E-state index in [1.807, 2.05) is 24.3 Å². The largest absolute Gasteiger partial charge is 0.486 e. The molecular weight excluding hydrogens is 322 g/mol. The Hall–Kier alpha value is -1.67. The first kappa shape index (κ1) is 18.1. The Balaban J connectivity index is 1.61. The lowest BCUT2D eigenvalue weighted by Gasteiger charge is -2.33. The summed E-state index contributed by atoms with van der Waals surface area (Å²) in [6.07, 6.45) is 1.41. The number of carbonyl (C=O) groups excluding carboxylic acids is 1. The van der Waals surface area contributed by atoms with Gasteiger partial charge in [-0.2, -0.15) is 0 Å². The van der Waals surface area contributed by atoms with Crippen LogP contribution in [0.15, 0.2) is 24.3 Å². The van der Waals surface area contributed by atoms with Crippen LogP contribution in [0.4, 0.5) is 0 Å². The summed E-state index contributed by atoms with van der Waals surface area (Å²) in [6, 6.07) is 7.40. The molecule has 1 amide bonds. The van der Waals surface area contributed by atoms with Gasteiger partial charge in [-0.15, -0.1) is 0 Å². The van der Waals surface area contributed by atoms with Crippen LogP contribution in [0.3, 0.4) is 0 Å². The average molecular weight is 349 g/mol. The zero-order chi connectivity index (χ0) is 17.6. The monoisotopic (exact) mass is 349 g/mol. The van der Waals surface area contributed by atoms with Gasteiger partial charge in [0.15, 0.2) is 0 Å². The Bertz CT molecular complexity index is 566. The molecule has 2 heterocycles. The van der Waals surface area contributed by atoms with E-state index in [-0.39, 0.29) is 36.6 Å². The van der Waals surface area contributed by atoms with Crippen molar-refractivity contribution in [2.45, 2.75) is 44.6 Å². The normalized spacial score (nSPS) is 29.4. The first-order valence-electron chi connectivity index (χ1n) is 8.94. The second-order valence-electron chi connectivity index (χ2n) is 6.58. The predicted molar refractivity (Wildman–Crippen MR) is 92.9 cm³/mol. The lowest BCUT2D eigenvalue weighted by molar-refractivity contribution is -0.127. The van der Waals surface area contributed by atoms with E-state index in [1.165, 1.54) is 0 Å². The molecule has 2 aliphatic heterocycles. The Morgan fingerprint density at radius 3 is 2.92 bits per heavy atom. The molecule has 0 aliphatic carbocycles. The van der Waals surface area contributed by atoms with E-state index < -0.39 is 0 Å². The fourth-order valence-electron chi connectivity index (χ4n) is 3.34. The standard InChI is InChI=1S/C18H27N3O4/c1-2-15-14(9-19-21-15)18(23)20-16-7-8-24-11-17(16)25-13-5-3-12(10-22)4-6-13/h3-6,14-17,19,21-22H,2,7-11H2,1H3,(H,20,23)/t14?,15?,16-,17-/m1/s1. The fraction of sp³-hybridized carbons (Fsp3) is 0.611. The molecular formula is C18H27N3O4. The van der Waals surface area contributed by atoms with Gasteiger partial charge in [0, 0.05) is 19.2 Å². The van der Waals surface area contributed by atoms with Gasteiger partial charge in [-0.05, 0) is 30.5 Å². The number of benzene rings is 1. The van der Waals surface area contributed by atoms with Crippen LogP contribution in [0, 0.1) is 5.92 Å². The number of carbonyl (C=O) groups is 1. The average Bonchev–Trinajstić information content (AvgIpc) is 3.13. The molecule has 4 atom stereocenters. The molecule has 0 saturated carbocycles.